The highest BCUT2D eigenvalue weighted by Crippen LogP contribution is 2.40. The van der Waals surface area contributed by atoms with Crippen LogP contribution in [0.5, 0.6) is 0 Å². The van der Waals surface area contributed by atoms with E-state index >= 15 is 0 Å². The van der Waals surface area contributed by atoms with Crippen molar-refractivity contribution in [2.45, 2.75) is 45.3 Å². The Hall–Kier alpha value is -2.61. The van der Waals surface area contributed by atoms with Gasteiger partial charge < -0.3 is 15.4 Å². The fraction of sp³-hybridized carbons (Fsp3) is 0.500. The Morgan fingerprint density at radius 2 is 2.12 bits per heavy atom. The van der Waals surface area contributed by atoms with Crippen molar-refractivity contribution in [2.24, 2.45) is 13.0 Å². The fourth-order valence-corrected chi connectivity index (χ4v) is 3.63. The summed E-state index contributed by atoms with van der Waals surface area (Å²) in [6, 6.07) is 1.93. The molecule has 0 bridgehead atoms. The number of aromatic amines is 1. The number of nitrogens with two attached hydrogens (primary N) is 1. The van der Waals surface area contributed by atoms with E-state index in [2.05, 4.69) is 22.2 Å². The molecule has 26 heavy (non-hydrogen) atoms. The average Bonchev–Trinajstić information content (AvgIpc) is 3.22. The van der Waals surface area contributed by atoms with Gasteiger partial charge in [0.2, 0.25) is 0 Å². The number of H-pyrrole nitrogens is 1. The Morgan fingerprint density at radius 3 is 2.69 bits per heavy atom. The number of nitrogens with zero attached hydrogens (tertiary/aromatic N) is 4. The number of fused-ring (bicyclic) bond motifs is 1. The predicted molar refractivity (Wildman–Crippen MR) is 99.6 cm³/mol. The van der Waals surface area contributed by atoms with E-state index in [0.717, 1.165) is 18.4 Å². The number of aryl methyl sites for hydroxylation is 1. The van der Waals surface area contributed by atoms with E-state index in [9.17, 15) is 9.90 Å². The van der Waals surface area contributed by atoms with E-state index in [0.29, 0.717) is 28.2 Å². The Kier molecular flexibility index (Phi) is 3.52. The van der Waals surface area contributed by atoms with Gasteiger partial charge in [-0.2, -0.15) is 10.2 Å². The van der Waals surface area contributed by atoms with Gasteiger partial charge >= 0.3 is 0 Å². The van der Waals surface area contributed by atoms with Gasteiger partial charge in [0.25, 0.3) is 5.56 Å². The number of aliphatic hydroxyl groups is 1. The average molecular weight is 356 g/mol. The molecule has 0 spiro atoms. The molecule has 0 saturated heterocycles. The zero-order valence-corrected chi connectivity index (χ0v) is 15.4. The SMILES string of the molecule is C[C@H](C1CC1)n1cc(-c2cc(C(C)(C)O)n(C)n2)c2[nH]nc(N)c2c1=O. The lowest BCUT2D eigenvalue weighted by Gasteiger charge is -2.16. The van der Waals surface area contributed by atoms with Gasteiger partial charge in [0.05, 0.1) is 16.9 Å². The second kappa shape index (κ2) is 5.44. The maximum atomic E-state index is 13.0. The number of aromatic nitrogens is 5. The molecule has 0 amide bonds. The lowest BCUT2D eigenvalue weighted by atomic mass is 10.0. The first-order valence-corrected chi connectivity index (χ1v) is 8.84. The highest BCUT2D eigenvalue weighted by Gasteiger charge is 2.31. The van der Waals surface area contributed by atoms with E-state index in [1.165, 1.54) is 0 Å². The molecular weight excluding hydrogens is 332 g/mol. The van der Waals surface area contributed by atoms with Crippen molar-refractivity contribution >= 4 is 16.7 Å². The first-order valence-electron chi connectivity index (χ1n) is 8.84. The van der Waals surface area contributed by atoms with Crippen LogP contribution in [0.4, 0.5) is 5.82 Å². The van der Waals surface area contributed by atoms with Crippen LogP contribution < -0.4 is 11.3 Å². The molecule has 0 aromatic carbocycles. The Balaban J connectivity index is 1.98. The first-order chi connectivity index (χ1) is 12.2. The summed E-state index contributed by atoms with van der Waals surface area (Å²) in [7, 11) is 1.79. The van der Waals surface area contributed by atoms with Crippen molar-refractivity contribution in [1.82, 2.24) is 24.5 Å². The third kappa shape index (κ3) is 2.52. The van der Waals surface area contributed by atoms with Gasteiger partial charge in [-0.1, -0.05) is 0 Å². The predicted octanol–water partition coefficient (Wildman–Crippen LogP) is 1.91. The molecule has 8 nitrogen and oxygen atoms in total. The van der Waals surface area contributed by atoms with Crippen molar-refractivity contribution in [2.75, 3.05) is 5.73 Å². The molecule has 4 N–H and O–H groups in total. The maximum absolute atomic E-state index is 13.0. The second-order valence-electron chi connectivity index (χ2n) is 7.79. The normalized spacial score (nSPS) is 16.3. The smallest absolute Gasteiger partial charge is 0.264 e. The molecule has 1 fully saturated rings. The van der Waals surface area contributed by atoms with E-state index in [4.69, 9.17) is 5.73 Å². The zero-order chi connectivity index (χ0) is 18.8. The standard InChI is InChI=1S/C18H24N6O2/c1-9(10-5-6-10)24-8-11(15-14(17(24)25)16(19)21-20-15)12-7-13(18(2,3)26)23(4)22-12/h7-10,26H,5-6H2,1-4H3,(H3,19,20,21)/t9-/m1/s1. The van der Waals surface area contributed by atoms with Crippen LogP contribution in [0.2, 0.25) is 0 Å². The van der Waals surface area contributed by atoms with E-state index < -0.39 is 5.60 Å². The minimum Gasteiger partial charge on any atom is -0.384 e. The number of pyridine rings is 1. The van der Waals surface area contributed by atoms with Crippen LogP contribution in [-0.4, -0.2) is 29.7 Å². The third-order valence-corrected chi connectivity index (χ3v) is 5.31. The molecule has 0 unspecified atom stereocenters. The summed E-state index contributed by atoms with van der Waals surface area (Å²) in [5.74, 6) is 0.712. The molecule has 1 atom stereocenters. The fourth-order valence-electron chi connectivity index (χ4n) is 3.63. The quantitative estimate of drug-likeness (QED) is 0.660. The van der Waals surface area contributed by atoms with Crippen LogP contribution in [0.1, 0.15) is 45.3 Å². The summed E-state index contributed by atoms with van der Waals surface area (Å²) in [6.07, 6.45) is 4.10. The van der Waals surface area contributed by atoms with Crippen LogP contribution in [-0.2, 0) is 12.6 Å². The minimum absolute atomic E-state index is 0.0948. The number of rotatable bonds is 4. The zero-order valence-electron chi connectivity index (χ0n) is 15.4. The lowest BCUT2D eigenvalue weighted by Crippen LogP contribution is -2.24. The van der Waals surface area contributed by atoms with Crippen LogP contribution in [0, 0.1) is 5.92 Å². The molecule has 1 aliphatic rings. The van der Waals surface area contributed by atoms with Gasteiger partial charge in [-0.3, -0.25) is 14.6 Å². The highest BCUT2D eigenvalue weighted by molar-refractivity contribution is 5.97. The summed E-state index contributed by atoms with van der Waals surface area (Å²) in [5, 5.41) is 22.2. The number of anilines is 1. The van der Waals surface area contributed by atoms with Crippen molar-refractivity contribution in [3.05, 3.63) is 28.3 Å². The number of hydrogen-bond donors (Lipinski definition) is 3. The van der Waals surface area contributed by atoms with Crippen LogP contribution in [0.15, 0.2) is 17.1 Å². The monoisotopic (exact) mass is 356 g/mol. The molecule has 3 heterocycles. The number of nitrogens with one attached hydrogen (secondary N) is 1. The van der Waals surface area contributed by atoms with Gasteiger partial charge in [0.1, 0.15) is 11.0 Å². The van der Waals surface area contributed by atoms with Crippen molar-refractivity contribution in [3.8, 4) is 11.3 Å². The highest BCUT2D eigenvalue weighted by atomic mass is 16.3. The van der Waals surface area contributed by atoms with Crippen LogP contribution in [0.25, 0.3) is 22.2 Å². The van der Waals surface area contributed by atoms with Crippen molar-refractivity contribution in [1.29, 1.82) is 0 Å². The van der Waals surface area contributed by atoms with E-state index in [1.807, 2.05) is 12.3 Å². The summed E-state index contributed by atoms with van der Waals surface area (Å²) < 4.78 is 3.40. The molecule has 0 radical (unpaired) electrons. The molecule has 0 aliphatic heterocycles. The largest absolute Gasteiger partial charge is 0.384 e. The first kappa shape index (κ1) is 16.8. The molecule has 1 saturated carbocycles. The summed E-state index contributed by atoms with van der Waals surface area (Å²) in [5.41, 5.74) is 7.48. The Bertz CT molecular complexity index is 1050. The second-order valence-corrected chi connectivity index (χ2v) is 7.79. The molecule has 3 aromatic rings. The Labute approximate surface area is 150 Å². The molecule has 8 heteroatoms. The molecular formula is C18H24N6O2. The van der Waals surface area contributed by atoms with Crippen LogP contribution >= 0.6 is 0 Å². The summed E-state index contributed by atoms with van der Waals surface area (Å²) in [4.78, 5) is 13.0. The van der Waals surface area contributed by atoms with Crippen molar-refractivity contribution in [3.63, 3.8) is 0 Å². The van der Waals surface area contributed by atoms with Gasteiger partial charge in [-0.15, -0.1) is 0 Å². The third-order valence-electron chi connectivity index (χ3n) is 5.31. The van der Waals surface area contributed by atoms with Gasteiger partial charge in [0.15, 0.2) is 5.82 Å². The molecule has 3 aromatic heterocycles. The van der Waals surface area contributed by atoms with E-state index in [1.54, 1.807) is 30.1 Å². The molecule has 138 valence electrons. The lowest BCUT2D eigenvalue weighted by molar-refractivity contribution is 0.0696. The summed E-state index contributed by atoms with van der Waals surface area (Å²) >= 11 is 0. The van der Waals surface area contributed by atoms with Crippen molar-refractivity contribution < 1.29 is 5.11 Å². The maximum Gasteiger partial charge on any atom is 0.264 e. The molecule has 4 rings (SSSR count). The summed E-state index contributed by atoms with van der Waals surface area (Å²) in [6.45, 7) is 5.49. The van der Waals surface area contributed by atoms with Gasteiger partial charge in [-0.05, 0) is 45.6 Å². The number of hydrogen-bond acceptors (Lipinski definition) is 5. The minimum atomic E-state index is -1.03. The number of nitrogen functional groups attached to an aromatic ring is 1. The van der Waals surface area contributed by atoms with E-state index in [-0.39, 0.29) is 17.4 Å². The van der Waals surface area contributed by atoms with Crippen LogP contribution in [0.3, 0.4) is 0 Å². The van der Waals surface area contributed by atoms with Gasteiger partial charge in [-0.25, -0.2) is 0 Å². The molecule has 1 aliphatic carbocycles. The topological polar surface area (TPSA) is 115 Å². The Morgan fingerprint density at radius 1 is 1.42 bits per heavy atom. The van der Waals surface area contributed by atoms with Gasteiger partial charge in [0, 0.05) is 24.8 Å².